The summed E-state index contributed by atoms with van der Waals surface area (Å²) in [5.74, 6) is 4.97. The molecular formula is C24H38O. The van der Waals surface area contributed by atoms with Crippen LogP contribution in [0.3, 0.4) is 0 Å². The van der Waals surface area contributed by atoms with Gasteiger partial charge in [0.2, 0.25) is 0 Å². The van der Waals surface area contributed by atoms with Gasteiger partial charge in [-0.05, 0) is 91.4 Å². The molecule has 0 saturated heterocycles. The van der Waals surface area contributed by atoms with Crippen LogP contribution in [0.15, 0.2) is 11.6 Å². The monoisotopic (exact) mass is 342 g/mol. The Hall–Kier alpha value is -0.590. The van der Waals surface area contributed by atoms with Crippen LogP contribution < -0.4 is 0 Å². The first-order chi connectivity index (χ1) is 11.9. The summed E-state index contributed by atoms with van der Waals surface area (Å²) in [4.78, 5) is 12.0. The van der Waals surface area contributed by atoms with Crippen LogP contribution in [0.25, 0.3) is 0 Å². The van der Waals surface area contributed by atoms with E-state index in [4.69, 9.17) is 0 Å². The Kier molecular flexibility index (Phi) is 4.44. The van der Waals surface area contributed by atoms with Crippen LogP contribution >= 0.6 is 0 Å². The Labute approximate surface area is 155 Å². The lowest BCUT2D eigenvalue weighted by molar-refractivity contribution is -0.117. The summed E-state index contributed by atoms with van der Waals surface area (Å²) >= 11 is 0. The van der Waals surface area contributed by atoms with Crippen molar-refractivity contribution in [1.29, 1.82) is 0 Å². The van der Waals surface area contributed by atoms with Crippen molar-refractivity contribution in [2.45, 2.75) is 91.9 Å². The van der Waals surface area contributed by atoms with Crippen LogP contribution in [0.4, 0.5) is 0 Å². The molecule has 0 radical (unpaired) electrons. The number of rotatable bonds is 3. The molecule has 0 N–H and O–H groups in total. The van der Waals surface area contributed by atoms with Crippen molar-refractivity contribution < 1.29 is 4.79 Å². The second-order valence-electron chi connectivity index (χ2n) is 10.5. The molecule has 140 valence electrons. The van der Waals surface area contributed by atoms with Crippen LogP contribution in [0, 0.1) is 40.4 Å². The first-order valence-corrected chi connectivity index (χ1v) is 11.1. The topological polar surface area (TPSA) is 17.1 Å². The van der Waals surface area contributed by atoms with Gasteiger partial charge in [0.25, 0.3) is 0 Å². The van der Waals surface area contributed by atoms with Crippen LogP contribution in [-0.4, -0.2) is 5.78 Å². The molecule has 1 unspecified atom stereocenters. The van der Waals surface area contributed by atoms with E-state index in [-0.39, 0.29) is 0 Å². The minimum absolute atomic E-state index is 0.339. The number of ketones is 1. The van der Waals surface area contributed by atoms with Gasteiger partial charge in [-0.3, -0.25) is 4.79 Å². The predicted molar refractivity (Wildman–Crippen MR) is 104 cm³/mol. The fourth-order valence-corrected chi connectivity index (χ4v) is 8.19. The summed E-state index contributed by atoms with van der Waals surface area (Å²) in [5.41, 5.74) is 2.45. The third-order valence-electron chi connectivity index (χ3n) is 9.47. The van der Waals surface area contributed by atoms with Crippen molar-refractivity contribution in [2.75, 3.05) is 0 Å². The van der Waals surface area contributed by atoms with Gasteiger partial charge >= 0.3 is 0 Å². The zero-order valence-electron chi connectivity index (χ0n) is 16.9. The highest BCUT2D eigenvalue weighted by atomic mass is 16.1. The highest BCUT2D eigenvalue weighted by molar-refractivity contribution is 5.91. The lowest BCUT2D eigenvalue weighted by Crippen LogP contribution is -2.50. The van der Waals surface area contributed by atoms with E-state index in [1.54, 1.807) is 0 Å². The Morgan fingerprint density at radius 2 is 1.88 bits per heavy atom. The van der Waals surface area contributed by atoms with Crippen molar-refractivity contribution >= 4 is 5.78 Å². The molecule has 1 nitrogen and oxygen atoms in total. The average Bonchev–Trinajstić information content (AvgIpc) is 2.93. The molecule has 0 aromatic carbocycles. The maximum absolute atomic E-state index is 12.0. The van der Waals surface area contributed by atoms with Crippen molar-refractivity contribution in [3.63, 3.8) is 0 Å². The van der Waals surface area contributed by atoms with Crippen molar-refractivity contribution in [2.24, 2.45) is 40.4 Å². The highest BCUT2D eigenvalue weighted by Crippen LogP contribution is 2.67. The molecule has 3 saturated carbocycles. The molecule has 0 bridgehead atoms. The molecule has 7 atom stereocenters. The molecule has 0 heterocycles. The molecular weight excluding hydrogens is 304 g/mol. The molecule has 0 aromatic rings. The van der Waals surface area contributed by atoms with Crippen LogP contribution in [-0.2, 0) is 4.79 Å². The van der Waals surface area contributed by atoms with Gasteiger partial charge in [-0.1, -0.05) is 46.1 Å². The normalized spacial score (nSPS) is 47.5. The van der Waals surface area contributed by atoms with Crippen LogP contribution in [0.1, 0.15) is 91.9 Å². The van der Waals surface area contributed by atoms with Gasteiger partial charge in [0.05, 0.1) is 0 Å². The number of allylic oxidation sites excluding steroid dienone is 1. The Morgan fingerprint density at radius 1 is 1.08 bits per heavy atom. The Balaban J connectivity index is 1.60. The van der Waals surface area contributed by atoms with E-state index in [0.29, 0.717) is 16.6 Å². The van der Waals surface area contributed by atoms with Gasteiger partial charge in [0.1, 0.15) is 0 Å². The van der Waals surface area contributed by atoms with Gasteiger partial charge in [-0.15, -0.1) is 0 Å². The molecule has 4 aliphatic carbocycles. The van der Waals surface area contributed by atoms with Crippen LogP contribution in [0.5, 0.6) is 0 Å². The minimum Gasteiger partial charge on any atom is -0.295 e. The zero-order chi connectivity index (χ0) is 17.8. The number of carbonyl (C=O) groups excluding carboxylic acids is 1. The fraction of sp³-hybridized carbons (Fsp3) is 0.875. The maximum Gasteiger partial charge on any atom is 0.155 e. The summed E-state index contributed by atoms with van der Waals surface area (Å²) in [6.45, 7) is 10.1. The second-order valence-corrected chi connectivity index (χ2v) is 10.5. The van der Waals surface area contributed by atoms with E-state index >= 15 is 0 Å². The van der Waals surface area contributed by atoms with E-state index in [1.807, 2.05) is 6.08 Å². The largest absolute Gasteiger partial charge is 0.295 e. The molecule has 1 heteroatoms. The van der Waals surface area contributed by atoms with Crippen molar-refractivity contribution in [1.82, 2.24) is 0 Å². The van der Waals surface area contributed by atoms with E-state index < -0.39 is 0 Å². The molecule has 0 aromatic heterocycles. The maximum atomic E-state index is 12.0. The highest BCUT2D eigenvalue weighted by Gasteiger charge is 2.59. The number of carbonyl (C=O) groups is 1. The van der Waals surface area contributed by atoms with Gasteiger partial charge in [0.15, 0.2) is 5.78 Å². The predicted octanol–water partition coefficient (Wildman–Crippen LogP) is 6.57. The quantitative estimate of drug-likeness (QED) is 0.567. The second kappa shape index (κ2) is 6.24. The summed E-state index contributed by atoms with van der Waals surface area (Å²) in [6.07, 6.45) is 15.1. The molecule has 0 aliphatic heterocycles. The Bertz CT molecular complexity index is 575. The van der Waals surface area contributed by atoms with Gasteiger partial charge in [0, 0.05) is 6.42 Å². The average molecular weight is 343 g/mol. The van der Waals surface area contributed by atoms with Crippen LogP contribution in [0.2, 0.25) is 0 Å². The van der Waals surface area contributed by atoms with E-state index in [1.165, 1.54) is 56.9 Å². The van der Waals surface area contributed by atoms with E-state index in [9.17, 15) is 4.79 Å². The number of fused-ring (bicyclic) bond motifs is 5. The SMILES string of the molecule is CCCC(C)[C@H]1CC[C@H]2[C@@H]3CCC4=CC(=O)CC[C@]4(C)[C@H]3CC[C@]12C. The smallest absolute Gasteiger partial charge is 0.155 e. The number of hydrogen-bond donors (Lipinski definition) is 0. The number of hydrogen-bond acceptors (Lipinski definition) is 1. The lowest BCUT2D eigenvalue weighted by Gasteiger charge is -2.58. The van der Waals surface area contributed by atoms with E-state index in [2.05, 4.69) is 27.7 Å². The summed E-state index contributed by atoms with van der Waals surface area (Å²) < 4.78 is 0. The third kappa shape index (κ3) is 2.59. The lowest BCUT2D eigenvalue weighted by atomic mass is 9.46. The van der Waals surface area contributed by atoms with Gasteiger partial charge < -0.3 is 0 Å². The van der Waals surface area contributed by atoms with Crippen molar-refractivity contribution in [3.05, 3.63) is 11.6 Å². The standard InChI is InChI=1S/C24H38O/c1-5-6-16(2)20-9-10-21-19-8-7-17-15-18(25)11-13-23(17,3)22(19)12-14-24(20,21)4/h15-16,19-22H,5-14H2,1-4H3/t16?,19-,20+,21-,22-,23-,24+/m0/s1. The molecule has 3 fully saturated rings. The molecule has 0 spiro atoms. The molecule has 4 rings (SSSR count). The van der Waals surface area contributed by atoms with E-state index in [0.717, 1.165) is 42.4 Å². The third-order valence-corrected chi connectivity index (χ3v) is 9.47. The summed E-state index contributed by atoms with van der Waals surface area (Å²) in [5, 5.41) is 0. The summed E-state index contributed by atoms with van der Waals surface area (Å²) in [6, 6.07) is 0. The Morgan fingerprint density at radius 3 is 2.64 bits per heavy atom. The van der Waals surface area contributed by atoms with Gasteiger partial charge in [-0.2, -0.15) is 0 Å². The van der Waals surface area contributed by atoms with Gasteiger partial charge in [-0.25, -0.2) is 0 Å². The molecule has 4 aliphatic rings. The minimum atomic E-state index is 0.339. The van der Waals surface area contributed by atoms with Crippen molar-refractivity contribution in [3.8, 4) is 0 Å². The fourth-order valence-electron chi connectivity index (χ4n) is 8.19. The first-order valence-electron chi connectivity index (χ1n) is 11.1. The first kappa shape index (κ1) is 17.8. The summed E-state index contributed by atoms with van der Waals surface area (Å²) in [7, 11) is 0. The zero-order valence-corrected chi connectivity index (χ0v) is 16.9. The molecule has 0 amide bonds. The molecule has 25 heavy (non-hydrogen) atoms.